The van der Waals surface area contributed by atoms with Crippen molar-refractivity contribution in [3.05, 3.63) is 29.6 Å². The molecule has 0 aliphatic heterocycles. The Bertz CT molecular complexity index is 601. The molecule has 1 heterocycles. The lowest BCUT2D eigenvalue weighted by Crippen LogP contribution is -2.35. The maximum absolute atomic E-state index is 9.44. The zero-order valence-corrected chi connectivity index (χ0v) is 12.3. The van der Waals surface area contributed by atoms with E-state index in [1.54, 1.807) is 0 Å². The van der Waals surface area contributed by atoms with Gasteiger partial charge in [-0.05, 0) is 56.4 Å². The van der Waals surface area contributed by atoms with Crippen LogP contribution in [-0.2, 0) is 6.54 Å². The van der Waals surface area contributed by atoms with Crippen LogP contribution in [0.4, 0.5) is 0 Å². The summed E-state index contributed by atoms with van der Waals surface area (Å²) in [5.41, 5.74) is 4.83. The number of aliphatic hydroxyl groups excluding tert-OH is 1. The van der Waals surface area contributed by atoms with Crippen molar-refractivity contribution in [2.75, 3.05) is 6.61 Å². The quantitative estimate of drug-likeness (QED) is 0.848. The zero-order chi connectivity index (χ0) is 14.1. The van der Waals surface area contributed by atoms with Crippen molar-refractivity contribution in [3.63, 3.8) is 0 Å². The van der Waals surface area contributed by atoms with Crippen LogP contribution in [0.1, 0.15) is 30.4 Å². The van der Waals surface area contributed by atoms with Crippen molar-refractivity contribution in [2.24, 2.45) is 0 Å². The second-order valence-electron chi connectivity index (χ2n) is 5.97. The molecule has 1 aromatic heterocycles. The average Bonchev–Trinajstić information content (AvgIpc) is 3.18. The van der Waals surface area contributed by atoms with Gasteiger partial charge in [0, 0.05) is 18.6 Å². The Kier molecular flexibility index (Phi) is 3.76. The summed E-state index contributed by atoms with van der Waals surface area (Å²) in [5.74, 6) is 0. The van der Waals surface area contributed by atoms with E-state index >= 15 is 0 Å². The number of imidazole rings is 1. The minimum Gasteiger partial charge on any atom is -0.395 e. The van der Waals surface area contributed by atoms with Gasteiger partial charge in [-0.25, -0.2) is 4.98 Å². The predicted octanol–water partition coefficient (Wildman–Crippen LogP) is 2.16. The van der Waals surface area contributed by atoms with Gasteiger partial charge in [-0.1, -0.05) is 0 Å². The van der Waals surface area contributed by atoms with Gasteiger partial charge in [-0.3, -0.25) is 0 Å². The number of hydrogen-bond acceptors (Lipinski definition) is 3. The summed E-state index contributed by atoms with van der Waals surface area (Å²) in [6.45, 7) is 5.36. The lowest BCUT2D eigenvalue weighted by molar-refractivity contribution is 0.230. The van der Waals surface area contributed by atoms with E-state index < -0.39 is 0 Å². The molecule has 20 heavy (non-hydrogen) atoms. The molecule has 108 valence electrons. The molecule has 1 aliphatic rings. The Balaban J connectivity index is 1.71. The second kappa shape index (κ2) is 5.54. The number of rotatable bonds is 6. The molecule has 3 rings (SSSR count). The Morgan fingerprint density at radius 1 is 1.35 bits per heavy atom. The Morgan fingerprint density at radius 3 is 2.80 bits per heavy atom. The minimum atomic E-state index is 0.200. The molecule has 1 fully saturated rings. The van der Waals surface area contributed by atoms with Crippen molar-refractivity contribution in [1.82, 2.24) is 14.9 Å². The van der Waals surface area contributed by atoms with E-state index in [1.165, 1.54) is 29.5 Å². The standard InChI is InChI=1S/C16H23N3O/c1-11-7-15-16(8-12(11)2)19(10-17-15)6-5-14(9-20)18-13-3-4-13/h7-8,10,13-14,18,20H,3-6,9H2,1-2H3. The molecular weight excluding hydrogens is 250 g/mol. The Labute approximate surface area is 119 Å². The number of aliphatic hydroxyl groups is 1. The van der Waals surface area contributed by atoms with Crippen LogP contribution in [0.15, 0.2) is 18.5 Å². The first kappa shape index (κ1) is 13.6. The van der Waals surface area contributed by atoms with Crippen LogP contribution in [0.2, 0.25) is 0 Å². The van der Waals surface area contributed by atoms with E-state index in [1.807, 2.05) is 6.33 Å². The van der Waals surface area contributed by atoms with Gasteiger partial charge in [0.2, 0.25) is 0 Å². The molecule has 0 saturated heterocycles. The van der Waals surface area contributed by atoms with Crippen molar-refractivity contribution >= 4 is 11.0 Å². The minimum absolute atomic E-state index is 0.200. The van der Waals surface area contributed by atoms with Gasteiger partial charge in [0.1, 0.15) is 0 Å². The van der Waals surface area contributed by atoms with Crippen LogP contribution in [0.3, 0.4) is 0 Å². The second-order valence-corrected chi connectivity index (χ2v) is 5.97. The molecule has 0 amide bonds. The molecule has 0 spiro atoms. The lowest BCUT2D eigenvalue weighted by atomic mass is 10.1. The third-order valence-corrected chi connectivity index (χ3v) is 4.22. The molecule has 4 nitrogen and oxygen atoms in total. The number of aromatic nitrogens is 2. The van der Waals surface area contributed by atoms with E-state index in [-0.39, 0.29) is 12.6 Å². The van der Waals surface area contributed by atoms with Gasteiger partial charge in [0.05, 0.1) is 24.0 Å². The first-order chi connectivity index (χ1) is 9.67. The number of fused-ring (bicyclic) bond motifs is 1. The van der Waals surface area contributed by atoms with E-state index in [2.05, 4.69) is 40.8 Å². The van der Waals surface area contributed by atoms with Gasteiger partial charge in [-0.15, -0.1) is 0 Å². The summed E-state index contributed by atoms with van der Waals surface area (Å²) in [6, 6.07) is 5.19. The molecule has 1 aromatic carbocycles. The van der Waals surface area contributed by atoms with Crippen molar-refractivity contribution < 1.29 is 5.11 Å². The van der Waals surface area contributed by atoms with Gasteiger partial charge in [0.25, 0.3) is 0 Å². The Hall–Kier alpha value is -1.39. The number of nitrogens with zero attached hydrogens (tertiary/aromatic N) is 2. The molecule has 0 bridgehead atoms. The van der Waals surface area contributed by atoms with Gasteiger partial charge in [0.15, 0.2) is 0 Å². The maximum atomic E-state index is 9.44. The third-order valence-electron chi connectivity index (χ3n) is 4.22. The average molecular weight is 273 g/mol. The fourth-order valence-electron chi connectivity index (χ4n) is 2.60. The van der Waals surface area contributed by atoms with E-state index in [9.17, 15) is 5.11 Å². The van der Waals surface area contributed by atoms with Gasteiger partial charge >= 0.3 is 0 Å². The van der Waals surface area contributed by atoms with Gasteiger partial charge in [-0.2, -0.15) is 0 Å². The summed E-state index contributed by atoms with van der Waals surface area (Å²) in [4.78, 5) is 4.48. The molecule has 1 unspecified atom stereocenters. The summed E-state index contributed by atoms with van der Waals surface area (Å²) >= 11 is 0. The molecule has 1 saturated carbocycles. The highest BCUT2D eigenvalue weighted by Gasteiger charge is 2.24. The summed E-state index contributed by atoms with van der Waals surface area (Å²) < 4.78 is 2.19. The maximum Gasteiger partial charge on any atom is 0.0958 e. The van der Waals surface area contributed by atoms with Crippen LogP contribution >= 0.6 is 0 Å². The molecular formula is C16H23N3O. The van der Waals surface area contributed by atoms with Crippen LogP contribution in [0.5, 0.6) is 0 Å². The first-order valence-corrected chi connectivity index (χ1v) is 7.46. The topological polar surface area (TPSA) is 50.1 Å². The van der Waals surface area contributed by atoms with E-state index in [4.69, 9.17) is 0 Å². The molecule has 1 aliphatic carbocycles. The highest BCUT2D eigenvalue weighted by molar-refractivity contribution is 5.77. The highest BCUT2D eigenvalue weighted by atomic mass is 16.3. The number of aryl methyl sites for hydroxylation is 3. The number of nitrogens with one attached hydrogen (secondary N) is 1. The highest BCUT2D eigenvalue weighted by Crippen LogP contribution is 2.21. The van der Waals surface area contributed by atoms with Crippen LogP contribution < -0.4 is 5.32 Å². The van der Waals surface area contributed by atoms with Crippen LogP contribution in [0, 0.1) is 13.8 Å². The zero-order valence-electron chi connectivity index (χ0n) is 12.3. The van der Waals surface area contributed by atoms with Crippen molar-refractivity contribution in [3.8, 4) is 0 Å². The van der Waals surface area contributed by atoms with Crippen molar-refractivity contribution in [1.29, 1.82) is 0 Å². The Morgan fingerprint density at radius 2 is 2.10 bits per heavy atom. The van der Waals surface area contributed by atoms with Crippen LogP contribution in [-0.4, -0.2) is 33.3 Å². The van der Waals surface area contributed by atoms with E-state index in [0.29, 0.717) is 6.04 Å². The molecule has 2 N–H and O–H groups in total. The number of benzene rings is 1. The SMILES string of the molecule is Cc1cc2ncn(CCC(CO)NC3CC3)c2cc1C. The fourth-order valence-corrected chi connectivity index (χ4v) is 2.60. The summed E-state index contributed by atoms with van der Waals surface area (Å²) in [5, 5.41) is 12.9. The molecule has 2 aromatic rings. The fraction of sp³-hybridized carbons (Fsp3) is 0.562. The van der Waals surface area contributed by atoms with Gasteiger partial charge < -0.3 is 15.0 Å². The largest absolute Gasteiger partial charge is 0.395 e. The first-order valence-electron chi connectivity index (χ1n) is 7.46. The smallest absolute Gasteiger partial charge is 0.0958 e. The predicted molar refractivity (Wildman–Crippen MR) is 80.9 cm³/mol. The van der Waals surface area contributed by atoms with Crippen molar-refractivity contribution in [2.45, 2.75) is 51.7 Å². The summed E-state index contributed by atoms with van der Waals surface area (Å²) in [7, 11) is 0. The molecule has 4 heteroatoms. The third kappa shape index (κ3) is 2.86. The van der Waals surface area contributed by atoms with E-state index in [0.717, 1.165) is 18.5 Å². The molecule has 1 atom stereocenters. The number of hydrogen-bond donors (Lipinski definition) is 2. The lowest BCUT2D eigenvalue weighted by Gasteiger charge is -2.16. The normalized spacial score (nSPS) is 16.8. The van der Waals surface area contributed by atoms with Crippen LogP contribution in [0.25, 0.3) is 11.0 Å². The summed E-state index contributed by atoms with van der Waals surface area (Å²) in [6.07, 6.45) is 5.35. The monoisotopic (exact) mass is 273 g/mol. The molecule has 0 radical (unpaired) electrons.